The number of anilines is 2. The summed E-state index contributed by atoms with van der Waals surface area (Å²) >= 11 is 5.20. The van der Waals surface area contributed by atoms with E-state index < -0.39 is 5.97 Å². The van der Waals surface area contributed by atoms with Gasteiger partial charge in [-0.1, -0.05) is 12.1 Å². The SMILES string of the molecule is COC(=O)c1ccc(C)c(NC(=S)Nc2cccc(F)c2)c1. The van der Waals surface area contributed by atoms with Crippen LogP contribution >= 0.6 is 12.2 Å². The maximum atomic E-state index is 13.1. The molecule has 0 aliphatic heterocycles. The van der Waals surface area contributed by atoms with Crippen LogP contribution in [0.5, 0.6) is 0 Å². The van der Waals surface area contributed by atoms with Crippen molar-refractivity contribution in [2.75, 3.05) is 17.7 Å². The first kappa shape index (κ1) is 15.9. The van der Waals surface area contributed by atoms with Crippen LogP contribution in [0.15, 0.2) is 42.5 Å². The van der Waals surface area contributed by atoms with Crippen LogP contribution in [0.4, 0.5) is 15.8 Å². The number of halogens is 1. The van der Waals surface area contributed by atoms with E-state index in [2.05, 4.69) is 15.4 Å². The Bertz CT molecular complexity index is 719. The third kappa shape index (κ3) is 4.02. The van der Waals surface area contributed by atoms with E-state index >= 15 is 0 Å². The summed E-state index contributed by atoms with van der Waals surface area (Å²) in [5, 5.41) is 6.17. The van der Waals surface area contributed by atoms with E-state index in [1.807, 2.05) is 6.92 Å². The van der Waals surface area contributed by atoms with Crippen molar-refractivity contribution in [3.8, 4) is 0 Å². The second-order valence-electron chi connectivity index (χ2n) is 4.61. The Balaban J connectivity index is 2.12. The van der Waals surface area contributed by atoms with Crippen molar-refractivity contribution in [2.45, 2.75) is 6.92 Å². The Kier molecular flexibility index (Phi) is 5.06. The number of aryl methyl sites for hydroxylation is 1. The van der Waals surface area contributed by atoms with Gasteiger partial charge in [0.2, 0.25) is 0 Å². The monoisotopic (exact) mass is 318 g/mol. The molecule has 0 spiro atoms. The Morgan fingerprint density at radius 2 is 1.95 bits per heavy atom. The highest BCUT2D eigenvalue weighted by Crippen LogP contribution is 2.18. The molecule has 0 unspecified atom stereocenters. The number of nitrogens with one attached hydrogen (secondary N) is 2. The normalized spacial score (nSPS) is 9.95. The molecule has 0 atom stereocenters. The molecular formula is C16H15FN2O2S. The molecule has 0 aromatic heterocycles. The number of methoxy groups -OCH3 is 1. The lowest BCUT2D eigenvalue weighted by Gasteiger charge is -2.13. The summed E-state index contributed by atoms with van der Waals surface area (Å²) in [6, 6.07) is 11.1. The Morgan fingerprint density at radius 3 is 2.64 bits per heavy atom. The molecule has 0 radical (unpaired) electrons. The lowest BCUT2D eigenvalue weighted by atomic mass is 10.1. The highest BCUT2D eigenvalue weighted by Gasteiger charge is 2.09. The second kappa shape index (κ2) is 7.00. The highest BCUT2D eigenvalue weighted by atomic mass is 32.1. The number of thiocarbonyl (C=S) groups is 1. The third-order valence-corrected chi connectivity index (χ3v) is 3.19. The largest absolute Gasteiger partial charge is 0.465 e. The molecule has 0 aliphatic rings. The average molecular weight is 318 g/mol. The van der Waals surface area contributed by atoms with Crippen molar-refractivity contribution in [3.63, 3.8) is 0 Å². The van der Waals surface area contributed by atoms with Gasteiger partial charge in [-0.25, -0.2) is 9.18 Å². The molecule has 22 heavy (non-hydrogen) atoms. The summed E-state index contributed by atoms with van der Waals surface area (Å²) < 4.78 is 17.8. The van der Waals surface area contributed by atoms with Crippen LogP contribution in [0, 0.1) is 12.7 Å². The molecule has 2 aromatic carbocycles. The lowest BCUT2D eigenvalue weighted by molar-refractivity contribution is 0.0601. The lowest BCUT2D eigenvalue weighted by Crippen LogP contribution is -2.20. The number of benzene rings is 2. The standard InChI is InChI=1S/C16H15FN2O2S/c1-10-6-7-11(15(20)21-2)8-14(10)19-16(22)18-13-5-3-4-12(17)9-13/h3-9H,1-2H3,(H2,18,19,22). The van der Waals surface area contributed by atoms with Gasteiger partial charge in [-0.3, -0.25) is 0 Å². The third-order valence-electron chi connectivity index (χ3n) is 2.99. The fourth-order valence-corrected chi connectivity index (χ4v) is 2.08. The van der Waals surface area contributed by atoms with Crippen LogP contribution in [0.1, 0.15) is 15.9 Å². The minimum atomic E-state index is -0.424. The van der Waals surface area contributed by atoms with Crippen LogP contribution in [-0.2, 0) is 4.74 Å². The molecule has 114 valence electrons. The molecule has 2 N–H and O–H groups in total. The average Bonchev–Trinajstić information content (AvgIpc) is 2.48. The molecule has 2 aromatic rings. The molecule has 6 heteroatoms. The van der Waals surface area contributed by atoms with Gasteiger partial charge in [0, 0.05) is 11.4 Å². The van der Waals surface area contributed by atoms with Gasteiger partial charge in [-0.15, -0.1) is 0 Å². The van der Waals surface area contributed by atoms with Crippen molar-refractivity contribution in [3.05, 3.63) is 59.4 Å². The predicted octanol–water partition coefficient (Wildman–Crippen LogP) is 3.73. The van der Waals surface area contributed by atoms with Gasteiger partial charge in [0.05, 0.1) is 12.7 Å². The smallest absolute Gasteiger partial charge is 0.337 e. The number of ether oxygens (including phenoxy) is 1. The number of carbonyl (C=O) groups excluding carboxylic acids is 1. The van der Waals surface area contributed by atoms with Gasteiger partial charge in [0.25, 0.3) is 0 Å². The molecule has 4 nitrogen and oxygen atoms in total. The van der Waals surface area contributed by atoms with Crippen LogP contribution in [0.3, 0.4) is 0 Å². The molecule has 0 amide bonds. The molecule has 0 aliphatic carbocycles. The quantitative estimate of drug-likeness (QED) is 0.667. The van der Waals surface area contributed by atoms with Crippen LogP contribution in [0.2, 0.25) is 0 Å². The zero-order valence-electron chi connectivity index (χ0n) is 12.1. The topological polar surface area (TPSA) is 50.4 Å². The van der Waals surface area contributed by atoms with Gasteiger partial charge in [-0.05, 0) is 55.0 Å². The van der Waals surface area contributed by atoms with Crippen molar-refractivity contribution in [1.82, 2.24) is 0 Å². The van der Waals surface area contributed by atoms with E-state index in [1.165, 1.54) is 19.2 Å². The molecule has 0 heterocycles. The van der Waals surface area contributed by atoms with Crippen molar-refractivity contribution < 1.29 is 13.9 Å². The summed E-state index contributed by atoms with van der Waals surface area (Å²) in [6.45, 7) is 1.88. The molecule has 2 rings (SSSR count). The Labute approximate surface area is 133 Å². The number of hydrogen-bond donors (Lipinski definition) is 2. The second-order valence-corrected chi connectivity index (χ2v) is 5.02. The summed E-state index contributed by atoms with van der Waals surface area (Å²) in [4.78, 5) is 11.6. The van der Waals surface area contributed by atoms with Gasteiger partial charge in [0.1, 0.15) is 5.82 Å². The van der Waals surface area contributed by atoms with E-state index in [0.717, 1.165) is 5.56 Å². The van der Waals surface area contributed by atoms with Gasteiger partial charge >= 0.3 is 5.97 Å². The van der Waals surface area contributed by atoms with E-state index in [4.69, 9.17) is 12.2 Å². The fourth-order valence-electron chi connectivity index (χ4n) is 1.85. The van der Waals surface area contributed by atoms with Crippen LogP contribution in [0.25, 0.3) is 0 Å². The molecular weight excluding hydrogens is 303 g/mol. The van der Waals surface area contributed by atoms with Crippen molar-refractivity contribution in [1.29, 1.82) is 0 Å². The predicted molar refractivity (Wildman–Crippen MR) is 88.8 cm³/mol. The van der Waals surface area contributed by atoms with E-state index in [1.54, 1.807) is 30.3 Å². The van der Waals surface area contributed by atoms with Crippen molar-refractivity contribution >= 4 is 34.7 Å². The van der Waals surface area contributed by atoms with Gasteiger partial charge in [-0.2, -0.15) is 0 Å². The first-order valence-corrected chi connectivity index (χ1v) is 6.93. The maximum Gasteiger partial charge on any atom is 0.337 e. The summed E-state index contributed by atoms with van der Waals surface area (Å²) in [5.74, 6) is -0.774. The number of rotatable bonds is 3. The first-order valence-electron chi connectivity index (χ1n) is 6.52. The minimum absolute atomic E-state index is 0.302. The van der Waals surface area contributed by atoms with E-state index in [-0.39, 0.29) is 5.82 Å². The number of carbonyl (C=O) groups is 1. The van der Waals surface area contributed by atoms with Gasteiger partial charge < -0.3 is 15.4 Å². The minimum Gasteiger partial charge on any atom is -0.465 e. The fraction of sp³-hybridized carbons (Fsp3) is 0.125. The first-order chi connectivity index (χ1) is 10.5. The summed E-state index contributed by atoms with van der Waals surface area (Å²) in [6.07, 6.45) is 0. The zero-order chi connectivity index (χ0) is 16.1. The van der Waals surface area contributed by atoms with E-state index in [9.17, 15) is 9.18 Å². The molecule has 0 saturated carbocycles. The Hall–Kier alpha value is -2.47. The summed E-state index contributed by atoms with van der Waals surface area (Å²) in [5.41, 5.74) is 2.55. The maximum absolute atomic E-state index is 13.1. The highest BCUT2D eigenvalue weighted by molar-refractivity contribution is 7.80. The number of esters is 1. The molecule has 0 fully saturated rings. The van der Waals surface area contributed by atoms with Gasteiger partial charge in [0.15, 0.2) is 5.11 Å². The van der Waals surface area contributed by atoms with Crippen molar-refractivity contribution in [2.24, 2.45) is 0 Å². The van der Waals surface area contributed by atoms with Crippen LogP contribution < -0.4 is 10.6 Å². The molecule has 0 saturated heterocycles. The van der Waals surface area contributed by atoms with E-state index in [0.29, 0.717) is 22.1 Å². The van der Waals surface area contributed by atoms with Crippen LogP contribution in [-0.4, -0.2) is 18.2 Å². The molecule has 0 bridgehead atoms. The Morgan fingerprint density at radius 1 is 1.18 bits per heavy atom. The summed E-state index contributed by atoms with van der Waals surface area (Å²) in [7, 11) is 1.32. The zero-order valence-corrected chi connectivity index (χ0v) is 13.0. The number of hydrogen-bond acceptors (Lipinski definition) is 3.